The summed E-state index contributed by atoms with van der Waals surface area (Å²) in [6, 6.07) is 42.2. The molecular formula is C30H26N2. The summed E-state index contributed by atoms with van der Waals surface area (Å²) in [6.07, 6.45) is 1.59. The second kappa shape index (κ2) is 9.57. The van der Waals surface area contributed by atoms with Crippen molar-refractivity contribution >= 4 is 11.4 Å². The summed E-state index contributed by atoms with van der Waals surface area (Å²) in [6.45, 7) is 0. The van der Waals surface area contributed by atoms with E-state index in [-0.39, 0.29) is 12.1 Å². The molecule has 0 radical (unpaired) electrons. The SMILES string of the molecule is c1ccc(CC2=NC(c3ccccc3)C(Cc3ccccc3)=NC2c2ccccc2)cc1. The predicted molar refractivity (Wildman–Crippen MR) is 134 cm³/mol. The fourth-order valence-corrected chi connectivity index (χ4v) is 4.32. The highest BCUT2D eigenvalue weighted by Crippen LogP contribution is 2.33. The van der Waals surface area contributed by atoms with Crippen LogP contribution in [-0.2, 0) is 12.8 Å². The third-order valence-corrected chi connectivity index (χ3v) is 5.91. The van der Waals surface area contributed by atoms with Gasteiger partial charge in [-0.3, -0.25) is 9.98 Å². The molecule has 0 amide bonds. The second-order valence-electron chi connectivity index (χ2n) is 8.19. The zero-order chi connectivity index (χ0) is 21.6. The molecule has 1 aliphatic rings. The van der Waals surface area contributed by atoms with E-state index in [1.165, 1.54) is 22.3 Å². The Morgan fingerprint density at radius 2 is 0.719 bits per heavy atom. The van der Waals surface area contributed by atoms with Gasteiger partial charge < -0.3 is 0 Å². The molecule has 2 atom stereocenters. The highest BCUT2D eigenvalue weighted by Gasteiger charge is 2.29. The first-order valence-corrected chi connectivity index (χ1v) is 11.2. The summed E-state index contributed by atoms with van der Waals surface area (Å²) in [4.78, 5) is 10.7. The molecule has 1 aliphatic heterocycles. The summed E-state index contributed by atoms with van der Waals surface area (Å²) in [5.74, 6) is 0. The van der Waals surface area contributed by atoms with Gasteiger partial charge in [0, 0.05) is 24.3 Å². The Labute approximate surface area is 190 Å². The van der Waals surface area contributed by atoms with Crippen LogP contribution in [-0.4, -0.2) is 11.4 Å². The topological polar surface area (TPSA) is 24.7 Å². The molecule has 1 heterocycles. The van der Waals surface area contributed by atoms with Gasteiger partial charge in [0.2, 0.25) is 0 Å². The lowest BCUT2D eigenvalue weighted by Crippen LogP contribution is -2.27. The van der Waals surface area contributed by atoms with Gasteiger partial charge in [-0.25, -0.2) is 0 Å². The van der Waals surface area contributed by atoms with Crippen LogP contribution in [0.15, 0.2) is 131 Å². The molecule has 0 N–H and O–H groups in total. The van der Waals surface area contributed by atoms with Crippen LogP contribution in [0.4, 0.5) is 0 Å². The Kier molecular flexibility index (Phi) is 6.02. The van der Waals surface area contributed by atoms with Crippen molar-refractivity contribution in [3.8, 4) is 0 Å². The molecule has 0 saturated carbocycles. The third-order valence-electron chi connectivity index (χ3n) is 5.91. The van der Waals surface area contributed by atoms with Gasteiger partial charge >= 0.3 is 0 Å². The molecule has 5 rings (SSSR count). The van der Waals surface area contributed by atoms with Crippen LogP contribution in [0.1, 0.15) is 34.3 Å². The number of benzene rings is 4. The average Bonchev–Trinajstić information content (AvgIpc) is 2.87. The normalized spacial score (nSPS) is 18.0. The molecular weight excluding hydrogens is 388 g/mol. The summed E-state index contributed by atoms with van der Waals surface area (Å²) < 4.78 is 0. The molecule has 2 heteroatoms. The van der Waals surface area contributed by atoms with Crippen molar-refractivity contribution in [2.24, 2.45) is 9.98 Å². The first kappa shape index (κ1) is 20.1. The van der Waals surface area contributed by atoms with Crippen LogP contribution < -0.4 is 0 Å². The highest BCUT2D eigenvalue weighted by atomic mass is 15.0. The minimum Gasteiger partial charge on any atom is -0.277 e. The van der Waals surface area contributed by atoms with Gasteiger partial charge in [0.15, 0.2) is 0 Å². The van der Waals surface area contributed by atoms with Crippen LogP contribution >= 0.6 is 0 Å². The molecule has 2 nitrogen and oxygen atoms in total. The van der Waals surface area contributed by atoms with E-state index in [0.717, 1.165) is 24.3 Å². The minimum absolute atomic E-state index is 0.0601. The molecule has 0 aliphatic carbocycles. The Morgan fingerprint density at radius 3 is 1.06 bits per heavy atom. The standard InChI is InChI=1S/C30H26N2/c1-5-13-23(14-6-1)21-27-29(25-17-9-3-10-18-25)32-28(22-24-15-7-2-8-16-24)30(31-27)26-19-11-4-12-20-26/h1-20,29-30H,21-22H2. The summed E-state index contributed by atoms with van der Waals surface area (Å²) in [5.41, 5.74) is 7.15. The smallest absolute Gasteiger partial charge is 0.113 e. The quantitative estimate of drug-likeness (QED) is 0.330. The molecule has 32 heavy (non-hydrogen) atoms. The van der Waals surface area contributed by atoms with Gasteiger partial charge in [0.25, 0.3) is 0 Å². The number of rotatable bonds is 6. The lowest BCUT2D eigenvalue weighted by atomic mass is 9.90. The lowest BCUT2D eigenvalue weighted by Gasteiger charge is -2.28. The van der Waals surface area contributed by atoms with Gasteiger partial charge in [0.05, 0.1) is 0 Å². The third kappa shape index (κ3) is 4.60. The maximum absolute atomic E-state index is 5.37. The van der Waals surface area contributed by atoms with Crippen molar-refractivity contribution in [1.29, 1.82) is 0 Å². The minimum atomic E-state index is -0.0601. The van der Waals surface area contributed by atoms with E-state index in [0.29, 0.717) is 0 Å². The van der Waals surface area contributed by atoms with Crippen LogP contribution in [0.3, 0.4) is 0 Å². The summed E-state index contributed by atoms with van der Waals surface area (Å²) in [7, 11) is 0. The van der Waals surface area contributed by atoms with E-state index in [4.69, 9.17) is 9.98 Å². The Bertz CT molecular complexity index is 1100. The molecule has 0 bridgehead atoms. The molecule has 4 aromatic carbocycles. The molecule has 4 aromatic rings. The fourth-order valence-electron chi connectivity index (χ4n) is 4.32. The molecule has 0 aromatic heterocycles. The van der Waals surface area contributed by atoms with Crippen LogP contribution in [0.2, 0.25) is 0 Å². The first-order valence-electron chi connectivity index (χ1n) is 11.2. The van der Waals surface area contributed by atoms with Crippen LogP contribution in [0.5, 0.6) is 0 Å². The number of hydrogen-bond acceptors (Lipinski definition) is 2. The van der Waals surface area contributed by atoms with Crippen molar-refractivity contribution in [3.05, 3.63) is 144 Å². The highest BCUT2D eigenvalue weighted by molar-refractivity contribution is 6.03. The van der Waals surface area contributed by atoms with Crippen LogP contribution in [0, 0.1) is 0 Å². The zero-order valence-electron chi connectivity index (χ0n) is 18.0. The van der Waals surface area contributed by atoms with Gasteiger partial charge in [-0.2, -0.15) is 0 Å². The molecule has 2 unspecified atom stereocenters. The summed E-state index contributed by atoms with van der Waals surface area (Å²) in [5, 5.41) is 0. The monoisotopic (exact) mass is 414 g/mol. The van der Waals surface area contributed by atoms with E-state index >= 15 is 0 Å². The van der Waals surface area contributed by atoms with E-state index < -0.39 is 0 Å². The number of hydrogen-bond donors (Lipinski definition) is 0. The van der Waals surface area contributed by atoms with Crippen molar-refractivity contribution in [3.63, 3.8) is 0 Å². The van der Waals surface area contributed by atoms with E-state index in [9.17, 15) is 0 Å². The largest absolute Gasteiger partial charge is 0.277 e. The lowest BCUT2D eigenvalue weighted by molar-refractivity contribution is 0.812. The maximum Gasteiger partial charge on any atom is 0.113 e. The Hall–Kier alpha value is -3.78. The average molecular weight is 415 g/mol. The second-order valence-corrected chi connectivity index (χ2v) is 8.19. The number of nitrogens with zero attached hydrogens (tertiary/aromatic N) is 2. The molecule has 0 saturated heterocycles. The van der Waals surface area contributed by atoms with Crippen molar-refractivity contribution in [2.75, 3.05) is 0 Å². The Balaban J connectivity index is 1.59. The predicted octanol–water partition coefficient (Wildman–Crippen LogP) is 6.85. The maximum atomic E-state index is 5.37. The van der Waals surface area contributed by atoms with E-state index in [1.54, 1.807) is 0 Å². The van der Waals surface area contributed by atoms with Gasteiger partial charge in [-0.15, -0.1) is 0 Å². The number of aliphatic imine (C=N–C) groups is 2. The van der Waals surface area contributed by atoms with Crippen molar-refractivity contribution in [2.45, 2.75) is 24.9 Å². The molecule has 156 valence electrons. The van der Waals surface area contributed by atoms with Crippen molar-refractivity contribution in [1.82, 2.24) is 0 Å². The Morgan fingerprint density at radius 1 is 0.406 bits per heavy atom. The fraction of sp³-hybridized carbons (Fsp3) is 0.133. The van der Waals surface area contributed by atoms with E-state index in [2.05, 4.69) is 121 Å². The van der Waals surface area contributed by atoms with Gasteiger partial charge in [0.1, 0.15) is 12.1 Å². The summed E-state index contributed by atoms with van der Waals surface area (Å²) >= 11 is 0. The zero-order valence-corrected chi connectivity index (χ0v) is 18.0. The van der Waals surface area contributed by atoms with Crippen LogP contribution in [0.25, 0.3) is 0 Å². The van der Waals surface area contributed by atoms with Gasteiger partial charge in [-0.05, 0) is 22.3 Å². The first-order chi connectivity index (χ1) is 15.9. The molecule has 0 spiro atoms. The molecule has 0 fully saturated rings. The van der Waals surface area contributed by atoms with E-state index in [1.807, 2.05) is 0 Å². The van der Waals surface area contributed by atoms with Gasteiger partial charge in [-0.1, -0.05) is 121 Å². The van der Waals surface area contributed by atoms with Crippen molar-refractivity contribution < 1.29 is 0 Å².